The number of nitrogens with one attached hydrogen (secondary N) is 1. The first-order chi connectivity index (χ1) is 12.7. The molecule has 27 heavy (non-hydrogen) atoms. The summed E-state index contributed by atoms with van der Waals surface area (Å²) >= 11 is 0. The van der Waals surface area contributed by atoms with Crippen LogP contribution in [0.25, 0.3) is 0 Å². The molecule has 1 N–H and O–H groups in total. The summed E-state index contributed by atoms with van der Waals surface area (Å²) in [5, 5.41) is 9.98. The highest BCUT2D eigenvalue weighted by Crippen LogP contribution is 2.28. The molecule has 2 aromatic heterocycles. The summed E-state index contributed by atoms with van der Waals surface area (Å²) in [7, 11) is 0. The molecule has 0 radical (unpaired) electrons. The van der Waals surface area contributed by atoms with Crippen molar-refractivity contribution >= 4 is 11.7 Å². The lowest BCUT2D eigenvalue weighted by atomic mass is 10.2. The Kier molecular flexibility index (Phi) is 4.98. The third-order valence-corrected chi connectivity index (χ3v) is 3.76. The number of halogens is 4. The van der Waals surface area contributed by atoms with Crippen LogP contribution in [-0.4, -0.2) is 25.5 Å². The molecule has 3 aromatic rings. The first-order valence-corrected chi connectivity index (χ1v) is 7.91. The first kappa shape index (κ1) is 18.6. The normalized spacial score (nSPS) is 11.6. The molecule has 0 unspecified atom stereocenters. The fourth-order valence-electron chi connectivity index (χ4n) is 2.44. The van der Waals surface area contributed by atoms with Gasteiger partial charge < -0.3 is 5.32 Å². The number of aromatic nitrogens is 4. The maximum atomic E-state index is 13.7. The average molecular weight is 381 g/mol. The summed E-state index contributed by atoms with van der Waals surface area (Å²) in [5.74, 6) is -0.739. The van der Waals surface area contributed by atoms with Gasteiger partial charge in [-0.2, -0.15) is 23.4 Å². The van der Waals surface area contributed by atoms with Crippen LogP contribution in [0.1, 0.15) is 17.0 Å². The number of hydrogen-bond donors (Lipinski definition) is 1. The maximum absolute atomic E-state index is 13.7. The number of alkyl halides is 3. The van der Waals surface area contributed by atoms with Crippen LogP contribution in [0.5, 0.6) is 0 Å². The molecule has 0 aliphatic carbocycles. The molecular weight excluding hydrogens is 366 g/mol. The van der Waals surface area contributed by atoms with Gasteiger partial charge in [-0.3, -0.25) is 14.2 Å². The Morgan fingerprint density at radius 2 is 1.93 bits per heavy atom. The average Bonchev–Trinajstić information content (AvgIpc) is 3.16. The molecule has 3 rings (SSSR count). The SMILES string of the molecule is Cc1cc(C(F)(F)F)nn1CC(=O)Nc1ccn(Cc2ccccc2F)n1. The van der Waals surface area contributed by atoms with Crippen molar-refractivity contribution in [2.75, 3.05) is 5.32 Å². The van der Waals surface area contributed by atoms with Crippen LogP contribution < -0.4 is 5.32 Å². The van der Waals surface area contributed by atoms with Gasteiger partial charge in [-0.05, 0) is 19.1 Å². The van der Waals surface area contributed by atoms with Crippen molar-refractivity contribution < 1.29 is 22.4 Å². The van der Waals surface area contributed by atoms with Gasteiger partial charge in [-0.25, -0.2) is 4.39 Å². The van der Waals surface area contributed by atoms with Crippen molar-refractivity contribution in [1.82, 2.24) is 19.6 Å². The summed E-state index contributed by atoms with van der Waals surface area (Å²) in [5.41, 5.74) is -0.408. The quantitative estimate of drug-likeness (QED) is 0.690. The van der Waals surface area contributed by atoms with E-state index in [0.29, 0.717) is 5.56 Å². The van der Waals surface area contributed by atoms with Crippen molar-refractivity contribution in [3.05, 3.63) is 65.4 Å². The highest BCUT2D eigenvalue weighted by molar-refractivity contribution is 5.89. The van der Waals surface area contributed by atoms with Crippen LogP contribution in [0.3, 0.4) is 0 Å². The highest BCUT2D eigenvalue weighted by Gasteiger charge is 2.34. The zero-order valence-corrected chi connectivity index (χ0v) is 14.2. The van der Waals surface area contributed by atoms with E-state index < -0.39 is 17.8 Å². The highest BCUT2D eigenvalue weighted by atomic mass is 19.4. The van der Waals surface area contributed by atoms with Crippen LogP contribution in [-0.2, 0) is 24.1 Å². The van der Waals surface area contributed by atoms with E-state index in [1.807, 2.05) is 0 Å². The predicted octanol–water partition coefficient (Wildman–Crippen LogP) is 3.23. The van der Waals surface area contributed by atoms with Gasteiger partial charge in [0.05, 0.1) is 6.54 Å². The molecule has 1 aromatic carbocycles. The van der Waals surface area contributed by atoms with E-state index in [1.165, 1.54) is 23.7 Å². The van der Waals surface area contributed by atoms with Crippen LogP contribution >= 0.6 is 0 Å². The lowest BCUT2D eigenvalue weighted by Gasteiger charge is -2.05. The molecule has 142 valence electrons. The molecule has 0 saturated heterocycles. The Hall–Kier alpha value is -3.17. The van der Waals surface area contributed by atoms with Gasteiger partial charge in [0.1, 0.15) is 12.4 Å². The second kappa shape index (κ2) is 7.22. The van der Waals surface area contributed by atoms with Crippen molar-refractivity contribution in [2.45, 2.75) is 26.2 Å². The number of nitrogens with zero attached hydrogens (tertiary/aromatic N) is 4. The topological polar surface area (TPSA) is 64.7 Å². The monoisotopic (exact) mass is 381 g/mol. The van der Waals surface area contributed by atoms with Crippen LogP contribution in [0.2, 0.25) is 0 Å². The van der Waals surface area contributed by atoms with Gasteiger partial charge >= 0.3 is 6.18 Å². The minimum Gasteiger partial charge on any atom is -0.308 e. The Morgan fingerprint density at radius 3 is 2.59 bits per heavy atom. The molecule has 0 bridgehead atoms. The summed E-state index contributed by atoms with van der Waals surface area (Å²) in [4.78, 5) is 12.1. The van der Waals surface area contributed by atoms with Crippen molar-refractivity contribution in [3.8, 4) is 0 Å². The lowest BCUT2D eigenvalue weighted by Crippen LogP contribution is -2.21. The van der Waals surface area contributed by atoms with Crippen LogP contribution in [0.15, 0.2) is 42.6 Å². The summed E-state index contributed by atoms with van der Waals surface area (Å²) < 4.78 is 54.0. The summed E-state index contributed by atoms with van der Waals surface area (Å²) in [6, 6.07) is 8.62. The molecule has 0 fully saturated rings. The number of rotatable bonds is 5. The van der Waals surface area contributed by atoms with Gasteiger partial charge in [0.2, 0.25) is 5.91 Å². The lowest BCUT2D eigenvalue weighted by molar-refractivity contribution is -0.141. The summed E-state index contributed by atoms with van der Waals surface area (Å²) in [6.07, 6.45) is -3.01. The second-order valence-electron chi connectivity index (χ2n) is 5.86. The first-order valence-electron chi connectivity index (χ1n) is 7.91. The van der Waals surface area contributed by atoms with E-state index in [4.69, 9.17) is 0 Å². The fraction of sp³-hybridized carbons (Fsp3) is 0.235. The summed E-state index contributed by atoms with van der Waals surface area (Å²) in [6.45, 7) is 1.22. The second-order valence-corrected chi connectivity index (χ2v) is 5.86. The van der Waals surface area contributed by atoms with E-state index in [2.05, 4.69) is 15.5 Å². The fourth-order valence-corrected chi connectivity index (χ4v) is 2.44. The van der Waals surface area contributed by atoms with Gasteiger partial charge in [-0.15, -0.1) is 0 Å². The number of benzene rings is 1. The minimum absolute atomic E-state index is 0.176. The molecule has 1 amide bonds. The van der Waals surface area contributed by atoms with E-state index in [9.17, 15) is 22.4 Å². The zero-order chi connectivity index (χ0) is 19.6. The molecular formula is C17H15F4N5O. The molecule has 0 atom stereocenters. The molecule has 0 aliphatic rings. The smallest absolute Gasteiger partial charge is 0.308 e. The maximum Gasteiger partial charge on any atom is 0.435 e. The van der Waals surface area contributed by atoms with Gasteiger partial charge in [0, 0.05) is 23.5 Å². The number of amides is 1. The number of anilines is 1. The molecule has 0 spiro atoms. The van der Waals surface area contributed by atoms with Crippen molar-refractivity contribution in [2.24, 2.45) is 0 Å². The van der Waals surface area contributed by atoms with Crippen molar-refractivity contribution in [1.29, 1.82) is 0 Å². The Morgan fingerprint density at radius 1 is 1.19 bits per heavy atom. The van der Waals surface area contributed by atoms with Crippen LogP contribution in [0.4, 0.5) is 23.4 Å². The number of aryl methyl sites for hydroxylation is 1. The number of carbonyl (C=O) groups is 1. The predicted molar refractivity (Wildman–Crippen MR) is 88.3 cm³/mol. The largest absolute Gasteiger partial charge is 0.435 e. The third-order valence-electron chi connectivity index (χ3n) is 3.76. The molecule has 2 heterocycles. The molecule has 6 nitrogen and oxygen atoms in total. The molecule has 10 heteroatoms. The van der Waals surface area contributed by atoms with Gasteiger partial charge in [0.25, 0.3) is 0 Å². The Labute approximate surface area is 151 Å². The van der Waals surface area contributed by atoms with E-state index >= 15 is 0 Å². The number of hydrogen-bond acceptors (Lipinski definition) is 3. The molecule has 0 saturated carbocycles. The van der Waals surface area contributed by atoms with Crippen LogP contribution in [0, 0.1) is 12.7 Å². The Bertz CT molecular complexity index is 960. The number of carbonyl (C=O) groups excluding carboxylic acids is 1. The third kappa shape index (κ3) is 4.52. The van der Waals surface area contributed by atoms with Gasteiger partial charge in [-0.1, -0.05) is 18.2 Å². The standard InChI is InChI=1S/C17H15F4N5O/c1-11-8-14(17(19,20)21)23-26(11)10-16(27)22-15-6-7-25(24-15)9-12-4-2-3-5-13(12)18/h2-8H,9-10H2,1H3,(H,22,24,27). The van der Waals surface area contributed by atoms with Gasteiger partial charge in [0.15, 0.2) is 11.5 Å². The minimum atomic E-state index is -4.57. The Balaban J connectivity index is 1.63. The van der Waals surface area contributed by atoms with Crippen molar-refractivity contribution in [3.63, 3.8) is 0 Å². The van der Waals surface area contributed by atoms with E-state index in [0.717, 1.165) is 10.7 Å². The van der Waals surface area contributed by atoms with E-state index in [-0.39, 0.29) is 30.4 Å². The van der Waals surface area contributed by atoms with E-state index in [1.54, 1.807) is 24.4 Å². The zero-order valence-electron chi connectivity index (χ0n) is 14.2. The molecule has 0 aliphatic heterocycles.